The highest BCUT2D eigenvalue weighted by Gasteiger charge is 2.29. The fraction of sp³-hybridized carbons (Fsp3) is 0.529. The number of nitrogens with one attached hydrogen (secondary N) is 1. The lowest BCUT2D eigenvalue weighted by Crippen LogP contribution is -2.44. The first-order valence-electron chi connectivity index (χ1n) is 7.95. The molecule has 1 aromatic rings. The van der Waals surface area contributed by atoms with Crippen LogP contribution in [0.25, 0.3) is 0 Å². The second-order valence-corrected chi connectivity index (χ2v) is 5.52. The molecule has 0 radical (unpaired) electrons. The molecular weight excluding hydrogens is 280 g/mol. The molecular formula is C17H24N2O3. The topological polar surface area (TPSA) is 58.6 Å². The molecule has 2 rings (SSSR count). The van der Waals surface area contributed by atoms with Crippen LogP contribution < -0.4 is 5.32 Å². The van der Waals surface area contributed by atoms with Gasteiger partial charge in [-0.3, -0.25) is 4.79 Å². The van der Waals surface area contributed by atoms with Gasteiger partial charge in [-0.2, -0.15) is 0 Å². The van der Waals surface area contributed by atoms with Gasteiger partial charge in [0.15, 0.2) is 0 Å². The second-order valence-electron chi connectivity index (χ2n) is 5.52. The number of piperidine rings is 1. The number of aryl methyl sites for hydroxylation is 1. The zero-order valence-corrected chi connectivity index (χ0v) is 13.3. The van der Waals surface area contributed by atoms with Crippen LogP contribution in [-0.2, 0) is 16.0 Å². The lowest BCUT2D eigenvalue weighted by atomic mass is 9.98. The fourth-order valence-corrected chi connectivity index (χ4v) is 2.69. The summed E-state index contributed by atoms with van der Waals surface area (Å²) in [5.41, 5.74) is 1.98. The molecule has 0 saturated carbocycles. The van der Waals surface area contributed by atoms with E-state index < -0.39 is 0 Å². The lowest BCUT2D eigenvalue weighted by molar-refractivity contribution is -0.149. The smallest absolute Gasteiger partial charge is 0.321 e. The van der Waals surface area contributed by atoms with E-state index in [4.69, 9.17) is 4.74 Å². The summed E-state index contributed by atoms with van der Waals surface area (Å²) in [6, 6.07) is 7.68. The number of likely N-dealkylation sites (tertiary alicyclic amines) is 1. The summed E-state index contributed by atoms with van der Waals surface area (Å²) < 4.78 is 5.06. The van der Waals surface area contributed by atoms with Crippen molar-refractivity contribution in [2.24, 2.45) is 5.92 Å². The number of ether oxygens (including phenoxy) is 1. The molecule has 0 aliphatic carbocycles. The van der Waals surface area contributed by atoms with Crippen molar-refractivity contribution in [1.29, 1.82) is 0 Å². The van der Waals surface area contributed by atoms with E-state index in [1.54, 1.807) is 11.8 Å². The summed E-state index contributed by atoms with van der Waals surface area (Å²) in [6.45, 7) is 5.36. The van der Waals surface area contributed by atoms with Crippen molar-refractivity contribution in [2.45, 2.75) is 33.1 Å². The minimum Gasteiger partial charge on any atom is -0.466 e. The average molecular weight is 304 g/mol. The number of hydrogen-bond donors (Lipinski definition) is 1. The van der Waals surface area contributed by atoms with Crippen molar-refractivity contribution in [2.75, 3.05) is 25.0 Å². The third kappa shape index (κ3) is 4.23. The van der Waals surface area contributed by atoms with Crippen molar-refractivity contribution in [3.05, 3.63) is 29.8 Å². The van der Waals surface area contributed by atoms with Gasteiger partial charge in [0.25, 0.3) is 0 Å². The maximum atomic E-state index is 12.4. The third-order valence-electron chi connectivity index (χ3n) is 3.92. The highest BCUT2D eigenvalue weighted by atomic mass is 16.5. The van der Waals surface area contributed by atoms with Crippen LogP contribution in [0.3, 0.4) is 0 Å². The number of carbonyl (C=O) groups excluding carboxylic acids is 2. The van der Waals surface area contributed by atoms with Crippen LogP contribution in [0, 0.1) is 5.92 Å². The molecule has 22 heavy (non-hydrogen) atoms. The Kier molecular flexibility index (Phi) is 5.81. The number of nitrogens with zero attached hydrogens (tertiary/aromatic N) is 1. The Bertz CT molecular complexity index is 530. The molecule has 1 aromatic carbocycles. The molecule has 5 heteroatoms. The largest absolute Gasteiger partial charge is 0.466 e. The molecule has 0 bridgehead atoms. The maximum Gasteiger partial charge on any atom is 0.321 e. The van der Waals surface area contributed by atoms with Crippen LogP contribution in [0.15, 0.2) is 24.3 Å². The van der Waals surface area contributed by atoms with Gasteiger partial charge in [0, 0.05) is 18.8 Å². The highest BCUT2D eigenvalue weighted by molar-refractivity contribution is 5.90. The van der Waals surface area contributed by atoms with Gasteiger partial charge in [-0.25, -0.2) is 4.79 Å². The lowest BCUT2D eigenvalue weighted by Gasteiger charge is -2.31. The fourth-order valence-electron chi connectivity index (χ4n) is 2.69. The van der Waals surface area contributed by atoms with E-state index >= 15 is 0 Å². The molecule has 1 atom stereocenters. The number of carbonyl (C=O) groups is 2. The van der Waals surface area contributed by atoms with E-state index in [0.717, 1.165) is 24.9 Å². The van der Waals surface area contributed by atoms with E-state index in [2.05, 4.69) is 12.2 Å². The number of amides is 2. The van der Waals surface area contributed by atoms with E-state index in [-0.39, 0.29) is 17.9 Å². The van der Waals surface area contributed by atoms with Gasteiger partial charge in [-0.1, -0.05) is 19.1 Å². The number of esters is 1. The average Bonchev–Trinajstić information content (AvgIpc) is 2.55. The minimum atomic E-state index is -0.207. The Labute approximate surface area is 131 Å². The number of benzene rings is 1. The molecule has 1 fully saturated rings. The molecule has 0 spiro atoms. The monoisotopic (exact) mass is 304 g/mol. The van der Waals surface area contributed by atoms with Gasteiger partial charge in [0.05, 0.1) is 12.5 Å². The third-order valence-corrected chi connectivity index (χ3v) is 3.92. The van der Waals surface area contributed by atoms with E-state index in [9.17, 15) is 9.59 Å². The molecule has 1 N–H and O–H groups in total. The summed E-state index contributed by atoms with van der Waals surface area (Å²) in [7, 11) is 0. The van der Waals surface area contributed by atoms with Gasteiger partial charge in [0.1, 0.15) is 0 Å². The number of rotatable bonds is 4. The Morgan fingerprint density at radius 3 is 2.91 bits per heavy atom. The zero-order chi connectivity index (χ0) is 15.9. The van der Waals surface area contributed by atoms with Gasteiger partial charge >= 0.3 is 12.0 Å². The molecule has 1 heterocycles. The number of urea groups is 1. The Balaban J connectivity index is 1.95. The summed E-state index contributed by atoms with van der Waals surface area (Å²) in [5.74, 6) is -0.408. The summed E-state index contributed by atoms with van der Waals surface area (Å²) in [5, 5.41) is 2.91. The van der Waals surface area contributed by atoms with E-state index in [1.165, 1.54) is 5.56 Å². The van der Waals surface area contributed by atoms with Gasteiger partial charge in [0.2, 0.25) is 0 Å². The zero-order valence-electron chi connectivity index (χ0n) is 13.3. The first-order chi connectivity index (χ1) is 10.6. The van der Waals surface area contributed by atoms with Crippen molar-refractivity contribution < 1.29 is 14.3 Å². The van der Waals surface area contributed by atoms with Crippen LogP contribution in [0.5, 0.6) is 0 Å². The number of anilines is 1. The van der Waals surface area contributed by atoms with Crippen LogP contribution >= 0.6 is 0 Å². The van der Waals surface area contributed by atoms with Gasteiger partial charge in [-0.15, -0.1) is 0 Å². The summed E-state index contributed by atoms with van der Waals surface area (Å²) in [4.78, 5) is 25.9. The van der Waals surface area contributed by atoms with Crippen molar-refractivity contribution in [1.82, 2.24) is 4.90 Å². The second kappa shape index (κ2) is 7.82. The molecule has 120 valence electrons. The Morgan fingerprint density at radius 1 is 1.36 bits per heavy atom. The predicted octanol–water partition coefficient (Wildman–Crippen LogP) is 3.06. The quantitative estimate of drug-likeness (QED) is 0.870. The molecule has 5 nitrogen and oxygen atoms in total. The molecule has 1 aliphatic rings. The summed E-state index contributed by atoms with van der Waals surface area (Å²) in [6.07, 6.45) is 2.54. The highest BCUT2D eigenvalue weighted by Crippen LogP contribution is 2.19. The normalized spacial score (nSPS) is 17.9. The first kappa shape index (κ1) is 16.3. The molecule has 0 aromatic heterocycles. The Hall–Kier alpha value is -2.04. The maximum absolute atomic E-state index is 12.4. The van der Waals surface area contributed by atoms with Crippen LogP contribution in [0.1, 0.15) is 32.3 Å². The predicted molar refractivity (Wildman–Crippen MR) is 85.8 cm³/mol. The SMILES string of the molecule is CCOC(=O)C1CCCN(C(=O)Nc2cccc(CC)c2)C1. The van der Waals surface area contributed by atoms with Crippen LogP contribution in [-0.4, -0.2) is 36.6 Å². The van der Waals surface area contributed by atoms with Gasteiger partial charge in [-0.05, 0) is 43.9 Å². The molecule has 2 amide bonds. The van der Waals surface area contributed by atoms with Crippen molar-refractivity contribution in [3.8, 4) is 0 Å². The molecule has 1 unspecified atom stereocenters. The van der Waals surface area contributed by atoms with E-state index in [1.807, 2.05) is 24.3 Å². The molecule has 1 saturated heterocycles. The van der Waals surface area contributed by atoms with Gasteiger partial charge < -0.3 is 15.0 Å². The van der Waals surface area contributed by atoms with E-state index in [0.29, 0.717) is 19.7 Å². The van der Waals surface area contributed by atoms with Crippen LogP contribution in [0.4, 0.5) is 10.5 Å². The first-order valence-corrected chi connectivity index (χ1v) is 7.95. The summed E-state index contributed by atoms with van der Waals surface area (Å²) >= 11 is 0. The standard InChI is InChI=1S/C17H24N2O3/c1-3-13-7-5-9-15(11-13)18-17(21)19-10-6-8-14(12-19)16(20)22-4-2/h5,7,9,11,14H,3-4,6,8,10,12H2,1-2H3,(H,18,21). The van der Waals surface area contributed by atoms with Crippen LogP contribution in [0.2, 0.25) is 0 Å². The van der Waals surface area contributed by atoms with Crippen molar-refractivity contribution >= 4 is 17.7 Å². The Morgan fingerprint density at radius 2 is 2.18 bits per heavy atom. The number of hydrogen-bond acceptors (Lipinski definition) is 3. The minimum absolute atomic E-state index is 0.151. The van der Waals surface area contributed by atoms with Crippen molar-refractivity contribution in [3.63, 3.8) is 0 Å². The molecule has 1 aliphatic heterocycles.